The Balaban J connectivity index is 1.59. The number of phenolic OH excluding ortho intramolecular Hbond substituents is 1. The Kier molecular flexibility index (Phi) is 6.80. The van der Waals surface area contributed by atoms with Crippen molar-refractivity contribution in [1.29, 1.82) is 0 Å². The maximum Gasteiger partial charge on any atom is 0.169 e. The molecule has 1 fully saturated rings. The largest absolute Gasteiger partial charge is 0.507 e. The Labute approximate surface area is 159 Å². The van der Waals surface area contributed by atoms with Gasteiger partial charge in [0.15, 0.2) is 5.82 Å². The van der Waals surface area contributed by atoms with Gasteiger partial charge in [-0.2, -0.15) is 0 Å². The lowest BCUT2D eigenvalue weighted by molar-refractivity contribution is 0.0900. The molecule has 0 bridgehead atoms. The zero-order chi connectivity index (χ0) is 19.1. The van der Waals surface area contributed by atoms with E-state index >= 15 is 0 Å². The fraction of sp³-hybridized carbons (Fsp3) is 0.474. The van der Waals surface area contributed by atoms with Crippen LogP contribution in [0.1, 0.15) is 6.42 Å². The molecule has 2 heterocycles. The molecule has 1 aromatic carbocycles. The number of aliphatic hydroxyl groups is 1. The van der Waals surface area contributed by atoms with E-state index in [0.717, 1.165) is 38.4 Å². The highest BCUT2D eigenvalue weighted by Gasteiger charge is 2.20. The number of nitrogen functional groups attached to an aromatic ring is 1. The van der Waals surface area contributed by atoms with Crippen molar-refractivity contribution in [2.45, 2.75) is 6.42 Å². The Morgan fingerprint density at radius 3 is 2.59 bits per heavy atom. The molecular weight excluding hydrogens is 346 g/mol. The van der Waals surface area contributed by atoms with Crippen LogP contribution in [0.5, 0.6) is 5.75 Å². The summed E-state index contributed by atoms with van der Waals surface area (Å²) < 4.78 is 5.51. The maximum atomic E-state index is 10.1. The number of benzene rings is 1. The molecule has 0 amide bonds. The molecule has 1 aromatic heterocycles. The zero-order valence-corrected chi connectivity index (χ0v) is 15.4. The fourth-order valence-electron chi connectivity index (χ4n) is 3.14. The summed E-state index contributed by atoms with van der Waals surface area (Å²) in [7, 11) is 0. The standard InChI is InChI=1S/C19H27N5O3/c20-19-17(14-16(21-22-19)15-4-1-2-5-18(15)26)24-8-6-23(7-9-24)10-13-27-12-3-11-25/h1-2,4-5,14,25-26H,3,6-13H2,(H2,20,22). The summed E-state index contributed by atoms with van der Waals surface area (Å²) in [5.74, 6) is 0.573. The lowest BCUT2D eigenvalue weighted by atomic mass is 10.1. The minimum atomic E-state index is 0.169. The average Bonchev–Trinajstić information content (AvgIpc) is 2.69. The number of ether oxygens (including phenoxy) is 1. The van der Waals surface area contributed by atoms with E-state index in [2.05, 4.69) is 20.0 Å². The summed E-state index contributed by atoms with van der Waals surface area (Å²) in [4.78, 5) is 4.56. The highest BCUT2D eigenvalue weighted by molar-refractivity contribution is 5.74. The first kappa shape index (κ1) is 19.3. The molecule has 2 aromatic rings. The van der Waals surface area contributed by atoms with Crippen LogP contribution >= 0.6 is 0 Å². The van der Waals surface area contributed by atoms with E-state index in [-0.39, 0.29) is 12.4 Å². The second-order valence-electron chi connectivity index (χ2n) is 6.54. The second-order valence-corrected chi connectivity index (χ2v) is 6.54. The quantitative estimate of drug-likeness (QED) is 0.587. The molecule has 0 aliphatic carbocycles. The summed E-state index contributed by atoms with van der Waals surface area (Å²) in [5, 5.41) is 27.0. The van der Waals surface area contributed by atoms with Crippen molar-refractivity contribution < 1.29 is 14.9 Å². The molecule has 27 heavy (non-hydrogen) atoms. The number of nitrogens with zero attached hydrogens (tertiary/aromatic N) is 4. The summed E-state index contributed by atoms with van der Waals surface area (Å²) in [5.41, 5.74) is 8.17. The first-order valence-corrected chi connectivity index (χ1v) is 9.26. The van der Waals surface area contributed by atoms with Crippen molar-refractivity contribution in [3.05, 3.63) is 30.3 Å². The summed E-state index contributed by atoms with van der Waals surface area (Å²) >= 11 is 0. The van der Waals surface area contributed by atoms with Gasteiger partial charge in [0.25, 0.3) is 0 Å². The van der Waals surface area contributed by atoms with Gasteiger partial charge in [0.05, 0.1) is 18.0 Å². The van der Waals surface area contributed by atoms with Crippen molar-refractivity contribution in [2.24, 2.45) is 0 Å². The summed E-state index contributed by atoms with van der Waals surface area (Å²) in [6.45, 7) is 5.84. The van der Waals surface area contributed by atoms with Crippen molar-refractivity contribution in [1.82, 2.24) is 15.1 Å². The Morgan fingerprint density at radius 2 is 1.85 bits per heavy atom. The summed E-state index contributed by atoms with van der Waals surface area (Å²) in [6, 6.07) is 8.97. The third kappa shape index (κ3) is 5.06. The Bertz CT molecular complexity index is 735. The lowest BCUT2D eigenvalue weighted by Gasteiger charge is -2.36. The minimum Gasteiger partial charge on any atom is -0.507 e. The van der Waals surface area contributed by atoms with Crippen molar-refractivity contribution in [3.63, 3.8) is 0 Å². The third-order valence-electron chi connectivity index (χ3n) is 4.69. The molecular formula is C19H27N5O3. The number of aromatic nitrogens is 2. The molecule has 0 saturated carbocycles. The normalized spacial score (nSPS) is 15.2. The lowest BCUT2D eigenvalue weighted by Crippen LogP contribution is -2.47. The van der Waals surface area contributed by atoms with E-state index in [1.165, 1.54) is 0 Å². The van der Waals surface area contributed by atoms with Gasteiger partial charge in [-0.15, -0.1) is 10.2 Å². The number of phenols is 1. The number of hydrogen-bond donors (Lipinski definition) is 3. The molecule has 8 heteroatoms. The van der Waals surface area contributed by atoms with Crippen molar-refractivity contribution >= 4 is 11.5 Å². The zero-order valence-electron chi connectivity index (χ0n) is 15.4. The van der Waals surface area contributed by atoms with Crippen LogP contribution in [-0.4, -0.2) is 77.9 Å². The van der Waals surface area contributed by atoms with Gasteiger partial charge < -0.3 is 25.6 Å². The number of rotatable bonds is 8. The molecule has 1 aliphatic rings. The molecule has 0 atom stereocenters. The second kappa shape index (κ2) is 9.50. The predicted molar refractivity (Wildman–Crippen MR) is 105 cm³/mol. The van der Waals surface area contributed by atoms with Crippen LogP contribution in [0.15, 0.2) is 30.3 Å². The first-order chi connectivity index (χ1) is 13.2. The van der Waals surface area contributed by atoms with E-state index in [1.807, 2.05) is 18.2 Å². The van der Waals surface area contributed by atoms with Gasteiger partial charge in [-0.1, -0.05) is 12.1 Å². The van der Waals surface area contributed by atoms with E-state index in [9.17, 15) is 5.11 Å². The molecule has 0 unspecified atom stereocenters. The van der Waals surface area contributed by atoms with Gasteiger partial charge >= 0.3 is 0 Å². The molecule has 1 saturated heterocycles. The van der Waals surface area contributed by atoms with E-state index < -0.39 is 0 Å². The number of anilines is 2. The molecule has 0 spiro atoms. The smallest absolute Gasteiger partial charge is 0.169 e. The van der Waals surface area contributed by atoms with E-state index in [0.29, 0.717) is 36.7 Å². The predicted octanol–water partition coefficient (Wildman–Crippen LogP) is 0.952. The number of hydrogen-bond acceptors (Lipinski definition) is 8. The highest BCUT2D eigenvalue weighted by atomic mass is 16.5. The molecule has 4 N–H and O–H groups in total. The molecule has 1 aliphatic heterocycles. The van der Waals surface area contributed by atoms with Crippen LogP contribution in [-0.2, 0) is 4.74 Å². The van der Waals surface area contributed by atoms with Gasteiger partial charge in [-0.05, 0) is 24.6 Å². The number of para-hydroxylation sites is 1. The van der Waals surface area contributed by atoms with E-state index in [4.69, 9.17) is 15.6 Å². The highest BCUT2D eigenvalue weighted by Crippen LogP contribution is 2.31. The molecule has 8 nitrogen and oxygen atoms in total. The Hall–Kier alpha value is -2.42. The molecule has 3 rings (SSSR count). The van der Waals surface area contributed by atoms with Crippen LogP contribution < -0.4 is 10.6 Å². The SMILES string of the molecule is Nc1nnc(-c2ccccc2O)cc1N1CCN(CCOCCCO)CC1. The molecule has 0 radical (unpaired) electrons. The number of aromatic hydroxyl groups is 1. The third-order valence-corrected chi connectivity index (χ3v) is 4.69. The van der Waals surface area contributed by atoms with Crippen LogP contribution in [0.2, 0.25) is 0 Å². The van der Waals surface area contributed by atoms with Crippen LogP contribution in [0, 0.1) is 0 Å². The van der Waals surface area contributed by atoms with E-state index in [1.54, 1.807) is 12.1 Å². The van der Waals surface area contributed by atoms with Gasteiger partial charge in [0.1, 0.15) is 5.75 Å². The van der Waals surface area contributed by atoms with Crippen LogP contribution in [0.3, 0.4) is 0 Å². The number of nitrogens with two attached hydrogens (primary N) is 1. The minimum absolute atomic E-state index is 0.169. The van der Waals surface area contributed by atoms with Crippen molar-refractivity contribution in [2.75, 3.05) is 63.2 Å². The monoisotopic (exact) mass is 373 g/mol. The van der Waals surface area contributed by atoms with Crippen molar-refractivity contribution in [3.8, 4) is 17.0 Å². The number of aliphatic hydroxyl groups excluding tert-OH is 1. The number of piperazine rings is 1. The summed E-state index contributed by atoms with van der Waals surface area (Å²) in [6.07, 6.45) is 0.682. The maximum absolute atomic E-state index is 10.1. The Morgan fingerprint density at radius 1 is 1.07 bits per heavy atom. The average molecular weight is 373 g/mol. The van der Waals surface area contributed by atoms with Gasteiger partial charge in [0, 0.05) is 51.5 Å². The molecule has 146 valence electrons. The van der Waals surface area contributed by atoms with Gasteiger partial charge in [-0.25, -0.2) is 0 Å². The van der Waals surface area contributed by atoms with Crippen LogP contribution in [0.4, 0.5) is 11.5 Å². The van der Waals surface area contributed by atoms with Gasteiger partial charge in [-0.3, -0.25) is 4.90 Å². The topological polar surface area (TPSA) is 108 Å². The fourth-order valence-corrected chi connectivity index (χ4v) is 3.14. The van der Waals surface area contributed by atoms with Crippen LogP contribution in [0.25, 0.3) is 11.3 Å². The first-order valence-electron chi connectivity index (χ1n) is 9.26. The van der Waals surface area contributed by atoms with Gasteiger partial charge in [0.2, 0.25) is 0 Å².